The zero-order chi connectivity index (χ0) is 22.2. The van der Waals surface area contributed by atoms with Crippen molar-refractivity contribution in [2.75, 3.05) is 47.0 Å². The molecule has 0 bridgehead atoms. The first-order valence-corrected chi connectivity index (χ1v) is 10.6. The molecular formula is C24H30N2O5. The molecule has 0 N–H and O–H groups in total. The van der Waals surface area contributed by atoms with E-state index in [-0.39, 0.29) is 11.8 Å². The third-order valence-electron chi connectivity index (χ3n) is 5.36. The second-order valence-corrected chi connectivity index (χ2v) is 7.38. The molecule has 1 saturated heterocycles. The molecule has 1 aliphatic heterocycles. The highest BCUT2D eigenvalue weighted by atomic mass is 16.5. The lowest BCUT2D eigenvalue weighted by atomic mass is 10.1. The van der Waals surface area contributed by atoms with E-state index in [1.165, 1.54) is 0 Å². The fourth-order valence-corrected chi connectivity index (χ4v) is 3.46. The number of rotatable bonds is 8. The lowest BCUT2D eigenvalue weighted by Crippen LogP contribution is -2.50. The summed E-state index contributed by atoms with van der Waals surface area (Å²) in [5.41, 5.74) is 1.17. The molecule has 0 atom stereocenters. The van der Waals surface area contributed by atoms with Crippen LogP contribution in [0.4, 0.5) is 0 Å². The molecule has 0 spiro atoms. The first-order chi connectivity index (χ1) is 15.1. The van der Waals surface area contributed by atoms with Crippen LogP contribution in [0.5, 0.6) is 17.2 Å². The standard InChI is InChI=1S/C24H30N2O5/c1-4-5-16-31-21-11-8-19(17-22(21)30-3)24(28)26-14-12-25(13-15-26)23(27)18-6-9-20(29-2)10-7-18/h6-11,17H,4-5,12-16H2,1-3H3. The van der Waals surface area contributed by atoms with Crippen molar-refractivity contribution in [3.05, 3.63) is 53.6 Å². The number of benzene rings is 2. The monoisotopic (exact) mass is 426 g/mol. The molecule has 3 rings (SSSR count). The minimum Gasteiger partial charge on any atom is -0.497 e. The number of unbranched alkanes of at least 4 members (excludes halogenated alkanes) is 1. The maximum absolute atomic E-state index is 13.0. The van der Waals surface area contributed by atoms with Crippen LogP contribution < -0.4 is 14.2 Å². The van der Waals surface area contributed by atoms with Gasteiger partial charge in [0.25, 0.3) is 11.8 Å². The third-order valence-corrected chi connectivity index (χ3v) is 5.36. The molecule has 0 aliphatic carbocycles. The minimum atomic E-state index is -0.0741. The zero-order valence-electron chi connectivity index (χ0n) is 18.4. The van der Waals surface area contributed by atoms with Crippen molar-refractivity contribution < 1.29 is 23.8 Å². The van der Waals surface area contributed by atoms with Crippen LogP contribution in [0.15, 0.2) is 42.5 Å². The molecule has 0 aromatic heterocycles. The van der Waals surface area contributed by atoms with Crippen molar-refractivity contribution in [2.45, 2.75) is 19.8 Å². The van der Waals surface area contributed by atoms with Gasteiger partial charge in [0.15, 0.2) is 11.5 Å². The summed E-state index contributed by atoms with van der Waals surface area (Å²) < 4.78 is 16.3. The maximum Gasteiger partial charge on any atom is 0.254 e. The summed E-state index contributed by atoms with van der Waals surface area (Å²) in [7, 11) is 3.16. The van der Waals surface area contributed by atoms with Crippen molar-refractivity contribution in [3.8, 4) is 17.2 Å². The van der Waals surface area contributed by atoms with Gasteiger partial charge in [0.2, 0.25) is 0 Å². The van der Waals surface area contributed by atoms with E-state index in [0.29, 0.717) is 61.2 Å². The normalized spacial score (nSPS) is 13.6. The largest absolute Gasteiger partial charge is 0.497 e. The topological polar surface area (TPSA) is 68.3 Å². The van der Waals surface area contributed by atoms with Crippen LogP contribution in [0, 0.1) is 0 Å². The molecule has 1 fully saturated rings. The van der Waals surface area contributed by atoms with Gasteiger partial charge in [-0.15, -0.1) is 0 Å². The quantitative estimate of drug-likeness (QED) is 0.605. The molecule has 0 unspecified atom stereocenters. The van der Waals surface area contributed by atoms with Gasteiger partial charge >= 0.3 is 0 Å². The first-order valence-electron chi connectivity index (χ1n) is 10.6. The number of hydrogen-bond donors (Lipinski definition) is 0. The second-order valence-electron chi connectivity index (χ2n) is 7.38. The SMILES string of the molecule is CCCCOc1ccc(C(=O)N2CCN(C(=O)c3ccc(OC)cc3)CC2)cc1OC. The van der Waals surface area contributed by atoms with Gasteiger partial charge < -0.3 is 24.0 Å². The number of carbonyl (C=O) groups excluding carboxylic acids is 2. The van der Waals surface area contributed by atoms with Gasteiger partial charge in [-0.2, -0.15) is 0 Å². The molecule has 0 radical (unpaired) electrons. The number of nitrogens with zero attached hydrogens (tertiary/aromatic N) is 2. The number of hydrogen-bond acceptors (Lipinski definition) is 5. The van der Waals surface area contributed by atoms with E-state index in [0.717, 1.165) is 12.8 Å². The van der Waals surface area contributed by atoms with Gasteiger partial charge in [0, 0.05) is 37.3 Å². The number of piperazine rings is 1. The van der Waals surface area contributed by atoms with E-state index in [1.807, 2.05) is 0 Å². The number of carbonyl (C=O) groups is 2. The van der Waals surface area contributed by atoms with E-state index < -0.39 is 0 Å². The molecular weight excluding hydrogens is 396 g/mol. The number of ether oxygens (including phenoxy) is 3. The lowest BCUT2D eigenvalue weighted by Gasteiger charge is -2.35. The number of amides is 2. The predicted octanol–water partition coefficient (Wildman–Crippen LogP) is 3.48. The Kier molecular flexibility index (Phi) is 7.76. The lowest BCUT2D eigenvalue weighted by molar-refractivity contribution is 0.0535. The van der Waals surface area contributed by atoms with Crippen LogP contribution in [0.1, 0.15) is 40.5 Å². The minimum absolute atomic E-state index is 0.0370. The van der Waals surface area contributed by atoms with Crippen LogP contribution in [0.25, 0.3) is 0 Å². The fraction of sp³-hybridized carbons (Fsp3) is 0.417. The van der Waals surface area contributed by atoms with Gasteiger partial charge in [0.1, 0.15) is 5.75 Å². The van der Waals surface area contributed by atoms with Crippen molar-refractivity contribution in [1.82, 2.24) is 9.80 Å². The van der Waals surface area contributed by atoms with Gasteiger partial charge in [-0.1, -0.05) is 13.3 Å². The highest BCUT2D eigenvalue weighted by Crippen LogP contribution is 2.29. The maximum atomic E-state index is 13.0. The van der Waals surface area contributed by atoms with E-state index in [9.17, 15) is 9.59 Å². The van der Waals surface area contributed by atoms with Crippen molar-refractivity contribution >= 4 is 11.8 Å². The van der Waals surface area contributed by atoms with Crippen molar-refractivity contribution in [2.24, 2.45) is 0 Å². The van der Waals surface area contributed by atoms with Crippen LogP contribution in [0.3, 0.4) is 0 Å². The summed E-state index contributed by atoms with van der Waals surface area (Å²) in [5, 5.41) is 0. The third kappa shape index (κ3) is 5.48. The summed E-state index contributed by atoms with van der Waals surface area (Å²) >= 11 is 0. The second kappa shape index (κ2) is 10.7. The molecule has 1 aliphatic rings. The summed E-state index contributed by atoms with van der Waals surface area (Å²) in [6.07, 6.45) is 2.01. The Morgan fingerprint density at radius 2 is 1.39 bits per heavy atom. The summed E-state index contributed by atoms with van der Waals surface area (Å²) in [6, 6.07) is 12.3. The van der Waals surface area contributed by atoms with Crippen LogP contribution >= 0.6 is 0 Å². The molecule has 2 aromatic rings. The Hall–Kier alpha value is -3.22. The van der Waals surface area contributed by atoms with E-state index in [1.54, 1.807) is 66.5 Å². The van der Waals surface area contributed by atoms with Crippen molar-refractivity contribution in [1.29, 1.82) is 0 Å². The average Bonchev–Trinajstić information content (AvgIpc) is 2.83. The van der Waals surface area contributed by atoms with Crippen LogP contribution in [-0.2, 0) is 0 Å². The molecule has 2 aromatic carbocycles. The summed E-state index contributed by atoms with van der Waals surface area (Å²) in [6.45, 7) is 4.67. The Morgan fingerprint density at radius 3 is 1.94 bits per heavy atom. The molecule has 7 heteroatoms. The van der Waals surface area contributed by atoms with Crippen LogP contribution in [0.2, 0.25) is 0 Å². The van der Waals surface area contributed by atoms with Gasteiger partial charge in [-0.25, -0.2) is 0 Å². The Balaban J connectivity index is 1.59. The number of methoxy groups -OCH3 is 2. The van der Waals surface area contributed by atoms with E-state index in [4.69, 9.17) is 14.2 Å². The molecule has 2 amide bonds. The fourth-order valence-electron chi connectivity index (χ4n) is 3.46. The molecule has 0 saturated carbocycles. The summed E-state index contributed by atoms with van der Waals surface area (Å²) in [4.78, 5) is 29.2. The van der Waals surface area contributed by atoms with Crippen LogP contribution in [-0.4, -0.2) is 68.6 Å². The molecule has 166 valence electrons. The highest BCUT2D eigenvalue weighted by Gasteiger charge is 2.26. The van der Waals surface area contributed by atoms with Crippen molar-refractivity contribution in [3.63, 3.8) is 0 Å². The van der Waals surface area contributed by atoms with E-state index in [2.05, 4.69) is 6.92 Å². The van der Waals surface area contributed by atoms with Gasteiger partial charge in [-0.05, 0) is 48.9 Å². The average molecular weight is 427 g/mol. The zero-order valence-corrected chi connectivity index (χ0v) is 18.4. The Bertz CT molecular complexity index is 889. The summed E-state index contributed by atoms with van der Waals surface area (Å²) in [5.74, 6) is 1.79. The van der Waals surface area contributed by atoms with E-state index >= 15 is 0 Å². The highest BCUT2D eigenvalue weighted by molar-refractivity contribution is 5.96. The Morgan fingerprint density at radius 1 is 0.806 bits per heavy atom. The first kappa shape index (κ1) is 22.5. The molecule has 1 heterocycles. The smallest absolute Gasteiger partial charge is 0.254 e. The van der Waals surface area contributed by atoms with Gasteiger partial charge in [-0.3, -0.25) is 9.59 Å². The van der Waals surface area contributed by atoms with Gasteiger partial charge in [0.05, 0.1) is 20.8 Å². The predicted molar refractivity (Wildman–Crippen MR) is 118 cm³/mol. The Labute approximate surface area is 183 Å². The molecule has 31 heavy (non-hydrogen) atoms. The molecule has 7 nitrogen and oxygen atoms in total.